The predicted octanol–water partition coefficient (Wildman–Crippen LogP) is 5.42. The van der Waals surface area contributed by atoms with Crippen LogP contribution in [0.1, 0.15) is 66.2 Å². The van der Waals surface area contributed by atoms with Crippen molar-refractivity contribution in [2.45, 2.75) is 66.2 Å². The average Bonchev–Trinajstić information content (AvgIpc) is 2.24. The predicted molar refractivity (Wildman–Crippen MR) is 76.8 cm³/mol. The van der Waals surface area contributed by atoms with Crippen molar-refractivity contribution in [3.05, 3.63) is 0 Å². The van der Waals surface area contributed by atoms with Crippen molar-refractivity contribution in [2.75, 3.05) is 24.6 Å². The smallest absolute Gasteiger partial charge is 0.0594 e. The molecule has 0 fully saturated rings. The molecule has 0 nitrogen and oxygen atoms in total. The Bertz CT molecular complexity index is 115. The molecule has 1 heteroatoms. The Hall–Kier alpha value is 0.430. The zero-order chi connectivity index (χ0) is 11.6. The Morgan fingerprint density at radius 2 is 0.933 bits per heavy atom. The van der Waals surface area contributed by atoms with Crippen LogP contribution < -0.4 is 0 Å². The van der Waals surface area contributed by atoms with Crippen molar-refractivity contribution in [3.63, 3.8) is 0 Å². The number of hydrogen-bond acceptors (Lipinski definition) is 0. The van der Waals surface area contributed by atoms with Gasteiger partial charge in [0.25, 0.3) is 0 Å². The highest BCUT2D eigenvalue weighted by Crippen LogP contribution is 2.60. The van der Waals surface area contributed by atoms with Crippen LogP contribution in [0.2, 0.25) is 0 Å². The van der Waals surface area contributed by atoms with E-state index in [1.807, 2.05) is 0 Å². The minimum Gasteiger partial charge on any atom is -0.0652 e. The first-order valence-corrected chi connectivity index (χ1v) is 9.62. The van der Waals surface area contributed by atoms with E-state index < -0.39 is 7.26 Å². The van der Waals surface area contributed by atoms with E-state index in [9.17, 15) is 0 Å². The first-order chi connectivity index (χ1) is 7.24. The molecule has 0 aliphatic carbocycles. The van der Waals surface area contributed by atoms with Gasteiger partial charge in [-0.05, 0) is 25.7 Å². The SMILES string of the molecule is CCCC[P+](CCC)(CCC)CCCC. The molecule has 0 rings (SSSR count). The molecule has 0 atom stereocenters. The molecule has 0 bridgehead atoms. The van der Waals surface area contributed by atoms with Gasteiger partial charge >= 0.3 is 0 Å². The Labute approximate surface area is 98.6 Å². The molecule has 0 aliphatic rings. The first-order valence-electron chi connectivity index (χ1n) is 7.09. The van der Waals surface area contributed by atoms with Gasteiger partial charge in [0.1, 0.15) is 0 Å². The lowest BCUT2D eigenvalue weighted by Gasteiger charge is -2.27. The molecule has 0 spiro atoms. The Kier molecular flexibility index (Phi) is 9.92. The fraction of sp³-hybridized carbons (Fsp3) is 1.00. The van der Waals surface area contributed by atoms with Gasteiger partial charge in [0.05, 0.1) is 24.6 Å². The first kappa shape index (κ1) is 15.4. The summed E-state index contributed by atoms with van der Waals surface area (Å²) in [5, 5.41) is 0. The summed E-state index contributed by atoms with van der Waals surface area (Å²) >= 11 is 0. The molecule has 92 valence electrons. The van der Waals surface area contributed by atoms with Crippen LogP contribution in [0.3, 0.4) is 0 Å². The van der Waals surface area contributed by atoms with Crippen LogP contribution in [0.4, 0.5) is 0 Å². The topological polar surface area (TPSA) is 0 Å². The van der Waals surface area contributed by atoms with E-state index in [4.69, 9.17) is 0 Å². The highest BCUT2D eigenvalue weighted by molar-refractivity contribution is 7.75. The molecule has 0 aromatic heterocycles. The van der Waals surface area contributed by atoms with Crippen molar-refractivity contribution in [1.29, 1.82) is 0 Å². The van der Waals surface area contributed by atoms with Crippen molar-refractivity contribution < 1.29 is 0 Å². The van der Waals surface area contributed by atoms with Gasteiger partial charge in [0.15, 0.2) is 0 Å². The van der Waals surface area contributed by atoms with Crippen molar-refractivity contribution in [2.24, 2.45) is 0 Å². The zero-order valence-electron chi connectivity index (χ0n) is 11.5. The van der Waals surface area contributed by atoms with E-state index in [2.05, 4.69) is 27.7 Å². The Morgan fingerprint density at radius 1 is 0.533 bits per heavy atom. The van der Waals surface area contributed by atoms with Gasteiger partial charge in [-0.15, -0.1) is 0 Å². The van der Waals surface area contributed by atoms with Crippen LogP contribution in [0.5, 0.6) is 0 Å². The van der Waals surface area contributed by atoms with Gasteiger partial charge < -0.3 is 0 Å². The van der Waals surface area contributed by atoms with Gasteiger partial charge in [-0.3, -0.25) is 0 Å². The van der Waals surface area contributed by atoms with Gasteiger partial charge in [0.2, 0.25) is 0 Å². The minimum absolute atomic E-state index is 0.529. The van der Waals surface area contributed by atoms with Crippen LogP contribution in [0.25, 0.3) is 0 Å². The van der Waals surface area contributed by atoms with E-state index in [1.54, 1.807) is 24.6 Å². The number of unbranched alkanes of at least 4 members (excludes halogenated alkanes) is 2. The lowest BCUT2D eigenvalue weighted by atomic mass is 10.4. The van der Waals surface area contributed by atoms with Gasteiger partial charge in [0, 0.05) is 7.26 Å². The molecule has 0 radical (unpaired) electrons. The van der Waals surface area contributed by atoms with E-state index in [1.165, 1.54) is 38.5 Å². The maximum absolute atomic E-state index is 2.38. The number of hydrogen-bond donors (Lipinski definition) is 0. The summed E-state index contributed by atoms with van der Waals surface area (Å²) < 4.78 is 0. The van der Waals surface area contributed by atoms with Gasteiger partial charge in [-0.25, -0.2) is 0 Å². The normalized spacial score (nSPS) is 12.0. The molecule has 15 heavy (non-hydrogen) atoms. The molecular formula is C14H32P+. The third kappa shape index (κ3) is 6.56. The summed E-state index contributed by atoms with van der Waals surface area (Å²) in [6, 6.07) is 0. The maximum atomic E-state index is 2.38. The quantitative estimate of drug-likeness (QED) is 0.440. The molecule has 0 aliphatic heterocycles. The van der Waals surface area contributed by atoms with Crippen LogP contribution >= 0.6 is 7.26 Å². The maximum Gasteiger partial charge on any atom is 0.0594 e. The van der Waals surface area contributed by atoms with E-state index in [0.717, 1.165) is 0 Å². The fourth-order valence-electron chi connectivity index (χ4n) is 2.61. The standard InChI is InChI=1S/C14H32P/c1-5-9-13-15(11-7-3,12-8-4)14-10-6-2/h5-14H2,1-4H3/q+1. The average molecular weight is 231 g/mol. The van der Waals surface area contributed by atoms with E-state index >= 15 is 0 Å². The molecule has 0 saturated heterocycles. The van der Waals surface area contributed by atoms with Crippen molar-refractivity contribution in [3.8, 4) is 0 Å². The van der Waals surface area contributed by atoms with E-state index in [0.29, 0.717) is 0 Å². The molecule has 0 saturated carbocycles. The van der Waals surface area contributed by atoms with E-state index in [-0.39, 0.29) is 0 Å². The Balaban J connectivity index is 4.26. The second kappa shape index (κ2) is 9.64. The summed E-state index contributed by atoms with van der Waals surface area (Å²) in [6.45, 7) is 9.43. The molecule has 0 aromatic carbocycles. The lowest BCUT2D eigenvalue weighted by molar-refractivity contribution is 0.846. The third-order valence-electron chi connectivity index (χ3n) is 3.37. The molecule has 0 amide bonds. The van der Waals surface area contributed by atoms with Gasteiger partial charge in [-0.1, -0.05) is 40.5 Å². The monoisotopic (exact) mass is 231 g/mol. The highest BCUT2D eigenvalue weighted by Gasteiger charge is 2.33. The zero-order valence-corrected chi connectivity index (χ0v) is 12.4. The second-order valence-electron chi connectivity index (χ2n) is 4.94. The van der Waals surface area contributed by atoms with Crippen LogP contribution in [-0.2, 0) is 0 Å². The minimum atomic E-state index is -0.529. The summed E-state index contributed by atoms with van der Waals surface area (Å²) in [4.78, 5) is 0. The van der Waals surface area contributed by atoms with Crippen molar-refractivity contribution >= 4 is 7.26 Å². The fourth-order valence-corrected chi connectivity index (χ4v) is 7.82. The Morgan fingerprint density at radius 3 is 1.20 bits per heavy atom. The molecule has 0 unspecified atom stereocenters. The number of rotatable bonds is 10. The largest absolute Gasteiger partial charge is 0.0652 e. The van der Waals surface area contributed by atoms with Crippen LogP contribution in [0, 0.1) is 0 Å². The summed E-state index contributed by atoms with van der Waals surface area (Å²) in [5.41, 5.74) is 0. The molecule has 0 N–H and O–H groups in total. The molecular weight excluding hydrogens is 199 g/mol. The highest BCUT2D eigenvalue weighted by atomic mass is 31.2. The van der Waals surface area contributed by atoms with Crippen LogP contribution in [0.15, 0.2) is 0 Å². The second-order valence-corrected chi connectivity index (χ2v) is 9.42. The summed E-state index contributed by atoms with van der Waals surface area (Å²) in [7, 11) is -0.529. The third-order valence-corrected chi connectivity index (χ3v) is 8.69. The van der Waals surface area contributed by atoms with Crippen LogP contribution in [-0.4, -0.2) is 24.6 Å². The van der Waals surface area contributed by atoms with Crippen molar-refractivity contribution in [1.82, 2.24) is 0 Å². The molecule has 0 heterocycles. The lowest BCUT2D eigenvalue weighted by Crippen LogP contribution is -2.11. The molecule has 0 aromatic rings. The summed E-state index contributed by atoms with van der Waals surface area (Å²) in [6.07, 6.45) is 14.9. The van der Waals surface area contributed by atoms with Gasteiger partial charge in [-0.2, -0.15) is 0 Å². The summed E-state index contributed by atoms with van der Waals surface area (Å²) in [5.74, 6) is 0.